The van der Waals surface area contributed by atoms with Crippen molar-refractivity contribution in [3.05, 3.63) is 28.6 Å². The molecule has 17 heavy (non-hydrogen) atoms. The average molecular weight is 241 g/mol. The van der Waals surface area contributed by atoms with Gasteiger partial charge in [-0.05, 0) is 11.6 Å². The summed E-state index contributed by atoms with van der Waals surface area (Å²) in [6.07, 6.45) is -2.98. The van der Waals surface area contributed by atoms with Crippen molar-refractivity contribution in [3.63, 3.8) is 0 Å². The summed E-state index contributed by atoms with van der Waals surface area (Å²) in [4.78, 5) is 14.8. The van der Waals surface area contributed by atoms with E-state index in [1.165, 1.54) is 6.07 Å². The molecule has 90 valence electrons. The fourth-order valence-corrected chi connectivity index (χ4v) is 1.33. The van der Waals surface area contributed by atoms with Crippen molar-refractivity contribution >= 4 is 5.97 Å². The Hall–Kier alpha value is -2.07. The zero-order valence-electron chi connectivity index (χ0n) is 8.91. The van der Waals surface area contributed by atoms with Gasteiger partial charge >= 0.3 is 5.97 Å². The van der Waals surface area contributed by atoms with Crippen molar-refractivity contribution in [1.82, 2.24) is 4.98 Å². The molecule has 0 radical (unpaired) electrons. The first-order valence-electron chi connectivity index (χ1n) is 4.55. The Morgan fingerprint density at radius 3 is 2.76 bits per heavy atom. The second kappa shape index (κ2) is 5.32. The van der Waals surface area contributed by atoms with Crippen LogP contribution in [-0.4, -0.2) is 18.1 Å². The third-order valence-corrected chi connectivity index (χ3v) is 2.06. The summed E-state index contributed by atoms with van der Waals surface area (Å²) in [5.74, 6) is -0.947. The molecule has 1 aromatic heterocycles. The van der Waals surface area contributed by atoms with Crippen LogP contribution in [0.4, 0.5) is 8.78 Å². The molecule has 0 bridgehead atoms. The summed E-state index contributed by atoms with van der Waals surface area (Å²) >= 11 is 0. The lowest BCUT2D eigenvalue weighted by Gasteiger charge is -2.11. The second-order valence-corrected chi connectivity index (χ2v) is 3.04. The number of nitrogens with two attached hydrogens (primary N) is 1. The molecule has 0 aliphatic carbocycles. The fourth-order valence-electron chi connectivity index (χ4n) is 1.33. The van der Waals surface area contributed by atoms with Crippen LogP contribution in [0.15, 0.2) is 6.07 Å². The van der Waals surface area contributed by atoms with Crippen LogP contribution in [0.1, 0.15) is 33.7 Å². The Bertz CT molecular complexity index is 483. The number of hydrogen-bond acceptors (Lipinski definition) is 5. The van der Waals surface area contributed by atoms with Gasteiger partial charge in [0.25, 0.3) is 6.43 Å². The third kappa shape index (κ3) is 2.54. The van der Waals surface area contributed by atoms with E-state index in [0.717, 1.165) is 7.11 Å². The van der Waals surface area contributed by atoms with Crippen molar-refractivity contribution in [2.45, 2.75) is 13.0 Å². The molecular weight excluding hydrogens is 232 g/mol. The number of methoxy groups -OCH3 is 1. The number of halogens is 2. The van der Waals surface area contributed by atoms with Gasteiger partial charge in [0.1, 0.15) is 17.5 Å². The number of alkyl halides is 2. The number of carbonyl (C=O) groups is 1. The van der Waals surface area contributed by atoms with Crippen molar-refractivity contribution in [2.75, 3.05) is 7.11 Å². The van der Waals surface area contributed by atoms with Crippen LogP contribution in [0.25, 0.3) is 0 Å². The second-order valence-electron chi connectivity index (χ2n) is 3.04. The quantitative estimate of drug-likeness (QED) is 0.801. The largest absolute Gasteiger partial charge is 0.465 e. The van der Waals surface area contributed by atoms with E-state index in [1.807, 2.05) is 0 Å². The lowest BCUT2D eigenvalue weighted by molar-refractivity contribution is 0.0585. The lowest BCUT2D eigenvalue weighted by atomic mass is 10.0. The van der Waals surface area contributed by atoms with Gasteiger partial charge in [0.2, 0.25) is 0 Å². The monoisotopic (exact) mass is 241 g/mol. The van der Waals surface area contributed by atoms with Gasteiger partial charge in [-0.3, -0.25) is 0 Å². The summed E-state index contributed by atoms with van der Waals surface area (Å²) in [5.41, 5.74) is 4.09. The average Bonchev–Trinajstić information content (AvgIpc) is 2.35. The van der Waals surface area contributed by atoms with E-state index in [-0.39, 0.29) is 23.4 Å². The van der Waals surface area contributed by atoms with Gasteiger partial charge in [-0.1, -0.05) is 0 Å². The Labute approximate surface area is 95.8 Å². The molecule has 0 unspecified atom stereocenters. The molecule has 2 N–H and O–H groups in total. The molecule has 0 saturated heterocycles. The number of rotatable bonds is 3. The van der Waals surface area contributed by atoms with E-state index in [4.69, 9.17) is 11.0 Å². The van der Waals surface area contributed by atoms with Crippen LogP contribution in [-0.2, 0) is 11.3 Å². The number of ether oxygens (including phenoxy) is 1. The van der Waals surface area contributed by atoms with Gasteiger partial charge in [0.05, 0.1) is 12.7 Å². The zero-order chi connectivity index (χ0) is 13.0. The van der Waals surface area contributed by atoms with Gasteiger partial charge in [0.15, 0.2) is 0 Å². The van der Waals surface area contributed by atoms with Crippen molar-refractivity contribution in [2.24, 2.45) is 5.73 Å². The number of esters is 1. The van der Waals surface area contributed by atoms with E-state index in [9.17, 15) is 13.6 Å². The van der Waals surface area contributed by atoms with Gasteiger partial charge in [-0.15, -0.1) is 0 Å². The van der Waals surface area contributed by atoms with Crippen molar-refractivity contribution < 1.29 is 18.3 Å². The predicted molar refractivity (Wildman–Crippen MR) is 53.1 cm³/mol. The van der Waals surface area contributed by atoms with E-state index in [1.54, 1.807) is 6.07 Å². The van der Waals surface area contributed by atoms with Crippen LogP contribution in [0.2, 0.25) is 0 Å². The molecule has 0 spiro atoms. The minimum absolute atomic E-state index is 0.110. The normalized spacial score (nSPS) is 10.1. The topological polar surface area (TPSA) is 89.0 Å². The predicted octanol–water partition coefficient (Wildman–Crippen LogP) is 1.14. The summed E-state index contributed by atoms with van der Waals surface area (Å²) in [5, 5.41) is 8.64. The SMILES string of the molecule is COC(=O)c1c(CN)cc(C#N)nc1C(F)F. The van der Waals surface area contributed by atoms with E-state index in [0.29, 0.717) is 0 Å². The first-order chi connectivity index (χ1) is 8.04. The Balaban J connectivity index is 3.53. The molecule has 1 heterocycles. The molecule has 0 aromatic carbocycles. The standard InChI is InChI=1S/C10H9F2N3O2/c1-17-10(16)7-5(3-13)2-6(4-14)15-8(7)9(11)12/h2,9H,3,13H2,1H3. The number of nitrogens with zero attached hydrogens (tertiary/aromatic N) is 2. The third-order valence-electron chi connectivity index (χ3n) is 2.06. The summed E-state index contributed by atoms with van der Waals surface area (Å²) in [7, 11) is 1.07. The zero-order valence-corrected chi connectivity index (χ0v) is 8.91. The maximum atomic E-state index is 12.7. The Kier molecular flexibility index (Phi) is 4.06. The molecule has 5 nitrogen and oxygen atoms in total. The molecule has 0 amide bonds. The molecule has 0 atom stereocenters. The number of hydrogen-bond donors (Lipinski definition) is 1. The van der Waals surface area contributed by atoms with Crippen molar-refractivity contribution in [3.8, 4) is 6.07 Å². The highest BCUT2D eigenvalue weighted by atomic mass is 19.3. The molecule has 0 aliphatic heterocycles. The Morgan fingerprint density at radius 1 is 1.71 bits per heavy atom. The minimum Gasteiger partial charge on any atom is -0.465 e. The fraction of sp³-hybridized carbons (Fsp3) is 0.300. The minimum atomic E-state index is -2.98. The van der Waals surface area contributed by atoms with E-state index < -0.39 is 18.1 Å². The first kappa shape index (κ1) is 13.0. The summed E-state index contributed by atoms with van der Waals surface area (Å²) in [6.45, 7) is -0.165. The molecular formula is C10H9F2N3O2. The van der Waals surface area contributed by atoms with Crippen LogP contribution >= 0.6 is 0 Å². The molecule has 0 saturated carbocycles. The highest BCUT2D eigenvalue weighted by Gasteiger charge is 2.25. The summed E-state index contributed by atoms with van der Waals surface area (Å²) in [6, 6.07) is 2.82. The number of carbonyl (C=O) groups excluding carboxylic acids is 1. The van der Waals surface area contributed by atoms with Gasteiger partial charge in [0, 0.05) is 6.54 Å². The van der Waals surface area contributed by atoms with E-state index >= 15 is 0 Å². The molecule has 0 fully saturated rings. The molecule has 7 heteroatoms. The van der Waals surface area contributed by atoms with Crippen LogP contribution in [0.5, 0.6) is 0 Å². The smallest absolute Gasteiger partial charge is 0.340 e. The van der Waals surface area contributed by atoms with Gasteiger partial charge < -0.3 is 10.5 Å². The van der Waals surface area contributed by atoms with Gasteiger partial charge in [-0.2, -0.15) is 5.26 Å². The molecule has 0 aliphatic rings. The number of nitriles is 1. The van der Waals surface area contributed by atoms with Crippen LogP contribution in [0, 0.1) is 11.3 Å². The van der Waals surface area contributed by atoms with Crippen LogP contribution in [0.3, 0.4) is 0 Å². The Morgan fingerprint density at radius 2 is 2.35 bits per heavy atom. The summed E-state index contributed by atoms with van der Waals surface area (Å²) < 4.78 is 29.9. The highest BCUT2D eigenvalue weighted by molar-refractivity contribution is 5.92. The first-order valence-corrected chi connectivity index (χ1v) is 4.55. The molecule has 1 rings (SSSR count). The van der Waals surface area contributed by atoms with Crippen molar-refractivity contribution in [1.29, 1.82) is 5.26 Å². The molecule has 1 aromatic rings. The maximum absolute atomic E-state index is 12.7. The van der Waals surface area contributed by atoms with E-state index in [2.05, 4.69) is 9.72 Å². The van der Waals surface area contributed by atoms with Gasteiger partial charge in [-0.25, -0.2) is 18.6 Å². The number of aromatic nitrogens is 1. The maximum Gasteiger partial charge on any atom is 0.340 e. The van der Waals surface area contributed by atoms with Crippen LogP contribution < -0.4 is 5.73 Å². The number of pyridine rings is 1. The lowest BCUT2D eigenvalue weighted by Crippen LogP contribution is -2.15. The highest BCUT2D eigenvalue weighted by Crippen LogP contribution is 2.25.